The molecule has 0 radical (unpaired) electrons. The van der Waals surface area contributed by atoms with Gasteiger partial charge >= 0.3 is 5.01 Å². The molecule has 0 aliphatic heterocycles. The van der Waals surface area contributed by atoms with Gasteiger partial charge in [0.05, 0.1) is 33.4 Å². The van der Waals surface area contributed by atoms with Crippen LogP contribution in [0.3, 0.4) is 0 Å². The number of para-hydroxylation sites is 4. The third-order valence-corrected chi connectivity index (χ3v) is 9.88. The maximum Gasteiger partial charge on any atom is 0.317 e. The van der Waals surface area contributed by atoms with E-state index in [-0.39, 0.29) is 0 Å². The third-order valence-electron chi connectivity index (χ3n) is 8.81. The topological polar surface area (TPSA) is 32.2 Å². The molecule has 0 saturated heterocycles. The first-order chi connectivity index (χ1) is 23.3. The summed E-state index contributed by atoms with van der Waals surface area (Å²) in [6.45, 7) is 2.38. The molecule has 0 bridgehead atoms. The van der Waals surface area contributed by atoms with Gasteiger partial charge in [-0.2, -0.15) is 0 Å². The Morgan fingerprint density at radius 2 is 1.11 bits per heavy atom. The molecule has 0 spiro atoms. The molecular weight excluding hydrogens is 599 g/mol. The van der Waals surface area contributed by atoms with Gasteiger partial charge in [-0.05, 0) is 79.2 Å². The first-order valence-corrected chi connectivity index (χ1v) is 16.6. The average Bonchev–Trinajstić information content (AvgIpc) is 3.77. The summed E-state index contributed by atoms with van der Waals surface area (Å²) < 4.78 is 7.62. The summed E-state index contributed by atoms with van der Waals surface area (Å²) in [5, 5.41) is 5.92. The number of hydrogen-bond acceptors (Lipinski definition) is 3. The Morgan fingerprint density at radius 1 is 0.574 bits per heavy atom. The van der Waals surface area contributed by atoms with E-state index in [4.69, 9.17) is 9.88 Å². The molecule has 226 valence electrons. The van der Waals surface area contributed by atoms with E-state index in [1.807, 2.05) is 25.1 Å². The van der Waals surface area contributed by atoms with Gasteiger partial charge in [-0.1, -0.05) is 89.1 Å². The Hall–Kier alpha value is -5.69. The molecule has 3 heterocycles. The van der Waals surface area contributed by atoms with Gasteiger partial charge in [-0.25, -0.2) is 0 Å². The fourth-order valence-corrected chi connectivity index (χ4v) is 7.73. The zero-order chi connectivity index (χ0) is 31.3. The smallest absolute Gasteiger partial charge is 0.309 e. The van der Waals surface area contributed by atoms with Crippen molar-refractivity contribution in [2.24, 2.45) is 0 Å². The van der Waals surface area contributed by atoms with Crippen molar-refractivity contribution in [2.45, 2.75) is 6.92 Å². The normalized spacial score (nSPS) is 12.0. The second-order valence-electron chi connectivity index (χ2n) is 11.5. The van der Waals surface area contributed by atoms with E-state index >= 15 is 0 Å². The van der Waals surface area contributed by atoms with Crippen molar-refractivity contribution in [3.8, 4) is 11.4 Å². The molecular formula is C41H30N3O2S+. The van der Waals surface area contributed by atoms with E-state index in [0.717, 1.165) is 32.2 Å². The van der Waals surface area contributed by atoms with Gasteiger partial charge in [0.25, 0.3) is 5.52 Å². The van der Waals surface area contributed by atoms with Crippen LogP contribution in [0.25, 0.3) is 77.4 Å². The number of rotatable bonds is 7. The maximum absolute atomic E-state index is 5.65. The SMILES string of the molecule is CCOO[n+]1c(/C=C/c2ccc3c(c2)c2ccccc2n3-c2ccc(-n3c4ccccc4c4ccccc43)cc2)sc2ccccc21. The third kappa shape index (κ3) is 4.53. The molecule has 0 aliphatic carbocycles. The number of fused-ring (bicyclic) bond motifs is 7. The quantitative estimate of drug-likeness (QED) is 0.1000. The molecule has 0 amide bonds. The van der Waals surface area contributed by atoms with Crippen LogP contribution in [0.15, 0.2) is 140 Å². The van der Waals surface area contributed by atoms with Crippen molar-refractivity contribution in [2.75, 3.05) is 6.61 Å². The summed E-state index contributed by atoms with van der Waals surface area (Å²) in [5.74, 6) is 0. The van der Waals surface area contributed by atoms with Gasteiger partial charge in [-0.15, -0.1) is 4.89 Å². The molecule has 9 aromatic rings. The fourth-order valence-electron chi connectivity index (χ4n) is 6.76. The van der Waals surface area contributed by atoms with Crippen LogP contribution in [0.5, 0.6) is 0 Å². The zero-order valence-corrected chi connectivity index (χ0v) is 26.5. The molecule has 0 saturated carbocycles. The van der Waals surface area contributed by atoms with Crippen molar-refractivity contribution < 1.29 is 14.6 Å². The Kier molecular flexibility index (Phi) is 6.63. The Balaban J connectivity index is 1.12. The van der Waals surface area contributed by atoms with Crippen LogP contribution in [0.1, 0.15) is 17.5 Å². The van der Waals surface area contributed by atoms with Gasteiger partial charge in [0.2, 0.25) is 0 Å². The van der Waals surface area contributed by atoms with Gasteiger partial charge < -0.3 is 9.13 Å². The number of nitrogens with zero attached hydrogens (tertiary/aromatic N) is 3. The monoisotopic (exact) mass is 628 g/mol. The average molecular weight is 629 g/mol. The minimum absolute atomic E-state index is 0.462. The first kappa shape index (κ1) is 27.6. The van der Waals surface area contributed by atoms with E-state index in [0.29, 0.717) is 6.61 Å². The highest BCUT2D eigenvalue weighted by Crippen LogP contribution is 2.35. The lowest BCUT2D eigenvalue weighted by Crippen LogP contribution is -2.43. The van der Waals surface area contributed by atoms with Crippen molar-refractivity contribution in [1.29, 1.82) is 0 Å². The van der Waals surface area contributed by atoms with Crippen LogP contribution in [0.2, 0.25) is 0 Å². The Labute approximate surface area is 275 Å². The minimum atomic E-state index is 0.462. The van der Waals surface area contributed by atoms with Crippen LogP contribution >= 0.6 is 11.3 Å². The molecule has 0 atom stereocenters. The lowest BCUT2D eigenvalue weighted by molar-refractivity contribution is -0.939. The number of aromatic nitrogens is 3. The minimum Gasteiger partial charge on any atom is -0.309 e. The molecule has 3 aromatic heterocycles. The molecule has 0 N–H and O–H groups in total. The predicted molar refractivity (Wildman–Crippen MR) is 194 cm³/mol. The fraction of sp³-hybridized carbons (Fsp3) is 0.0488. The van der Waals surface area contributed by atoms with E-state index < -0.39 is 0 Å². The number of thiazole rings is 1. The van der Waals surface area contributed by atoms with Gasteiger partial charge in [0, 0.05) is 45.1 Å². The molecule has 0 fully saturated rings. The highest BCUT2D eigenvalue weighted by molar-refractivity contribution is 7.18. The highest BCUT2D eigenvalue weighted by atomic mass is 32.1. The Bertz CT molecular complexity index is 2570. The van der Waals surface area contributed by atoms with Crippen LogP contribution in [-0.2, 0) is 4.89 Å². The molecule has 47 heavy (non-hydrogen) atoms. The van der Waals surface area contributed by atoms with Gasteiger partial charge in [0.15, 0.2) is 0 Å². The first-order valence-electron chi connectivity index (χ1n) is 15.8. The van der Waals surface area contributed by atoms with E-state index in [1.165, 1.54) is 43.6 Å². The van der Waals surface area contributed by atoms with Crippen LogP contribution in [0, 0.1) is 0 Å². The summed E-state index contributed by atoms with van der Waals surface area (Å²) in [7, 11) is 0. The molecule has 6 aromatic carbocycles. The zero-order valence-electron chi connectivity index (χ0n) is 25.7. The van der Waals surface area contributed by atoms with E-state index in [9.17, 15) is 0 Å². The second-order valence-corrected chi connectivity index (χ2v) is 12.6. The van der Waals surface area contributed by atoms with Gasteiger partial charge in [-0.3, -0.25) is 0 Å². The maximum atomic E-state index is 5.65. The summed E-state index contributed by atoms with van der Waals surface area (Å²) in [6, 6.07) is 49.7. The van der Waals surface area contributed by atoms with Crippen molar-refractivity contribution in [1.82, 2.24) is 9.13 Å². The van der Waals surface area contributed by atoms with Gasteiger partial charge in [0.1, 0.15) is 4.70 Å². The summed E-state index contributed by atoms with van der Waals surface area (Å²) >= 11 is 1.67. The molecule has 6 heteroatoms. The van der Waals surface area contributed by atoms with E-state index in [1.54, 1.807) is 16.1 Å². The lowest BCUT2D eigenvalue weighted by Gasteiger charge is -2.11. The standard InChI is InChI=1S/C41H30N3O2S/c1-2-45-46-44-39-17-9-10-18-40(39)47-41(44)26-20-28-19-25-38-34(27-28)33-13-5-8-16-37(33)43(38)30-23-21-29(22-24-30)42-35-14-6-3-11-31(35)32-12-4-7-15-36(32)42/h3-27H,2H2,1H3/q+1. The van der Waals surface area contributed by atoms with Crippen LogP contribution in [-0.4, -0.2) is 15.7 Å². The predicted octanol–water partition coefficient (Wildman–Crippen LogP) is 9.93. The largest absolute Gasteiger partial charge is 0.317 e. The number of hydrogen-bond donors (Lipinski definition) is 0. The highest BCUT2D eigenvalue weighted by Gasteiger charge is 2.22. The van der Waals surface area contributed by atoms with Crippen molar-refractivity contribution >= 4 is 77.3 Å². The molecule has 0 aliphatic rings. The summed E-state index contributed by atoms with van der Waals surface area (Å²) in [4.78, 5) is 11.0. The van der Waals surface area contributed by atoms with Crippen LogP contribution < -0.4 is 9.72 Å². The van der Waals surface area contributed by atoms with Crippen LogP contribution in [0.4, 0.5) is 0 Å². The molecule has 5 nitrogen and oxygen atoms in total. The van der Waals surface area contributed by atoms with Crippen molar-refractivity contribution in [3.05, 3.63) is 150 Å². The second kappa shape index (κ2) is 11.3. The summed E-state index contributed by atoms with van der Waals surface area (Å²) in [6.07, 6.45) is 4.24. The lowest BCUT2D eigenvalue weighted by atomic mass is 10.1. The molecule has 9 rings (SSSR count). The Morgan fingerprint density at radius 3 is 1.72 bits per heavy atom. The summed E-state index contributed by atoms with van der Waals surface area (Å²) in [5.41, 5.74) is 9.14. The molecule has 0 unspecified atom stereocenters. The number of benzene rings is 6. The van der Waals surface area contributed by atoms with Crippen molar-refractivity contribution in [3.63, 3.8) is 0 Å². The van der Waals surface area contributed by atoms with E-state index in [2.05, 4.69) is 143 Å².